The predicted molar refractivity (Wildman–Crippen MR) is 102 cm³/mol. The van der Waals surface area contributed by atoms with Crippen LogP contribution in [0.4, 0.5) is 15.8 Å². The van der Waals surface area contributed by atoms with Gasteiger partial charge in [-0.3, -0.25) is 4.79 Å². The molecule has 0 fully saturated rings. The molecular formula is C20H16BrFN2O. The Morgan fingerprint density at radius 3 is 2.24 bits per heavy atom. The van der Waals surface area contributed by atoms with Crippen LogP contribution in [-0.2, 0) is 6.54 Å². The van der Waals surface area contributed by atoms with Gasteiger partial charge < -0.3 is 10.6 Å². The third-order valence-electron chi connectivity index (χ3n) is 3.70. The van der Waals surface area contributed by atoms with E-state index in [2.05, 4.69) is 26.6 Å². The molecule has 25 heavy (non-hydrogen) atoms. The Morgan fingerprint density at radius 2 is 1.52 bits per heavy atom. The second-order valence-electron chi connectivity index (χ2n) is 5.46. The van der Waals surface area contributed by atoms with Gasteiger partial charge in [-0.15, -0.1) is 0 Å². The summed E-state index contributed by atoms with van der Waals surface area (Å²) in [6.07, 6.45) is 0. The fourth-order valence-electron chi connectivity index (χ4n) is 2.35. The standard InChI is InChI=1S/C20H16BrFN2O/c21-18-7-3-2-6-17(18)20(25)24-16-11-9-15(10-12-16)23-13-14-5-1-4-8-19(14)22/h1-12,23H,13H2,(H,24,25). The fraction of sp³-hybridized carbons (Fsp3) is 0.0500. The number of carbonyl (C=O) groups excluding carboxylic acids is 1. The van der Waals surface area contributed by atoms with Gasteiger partial charge in [0, 0.05) is 28.0 Å². The van der Waals surface area contributed by atoms with E-state index in [1.165, 1.54) is 6.07 Å². The van der Waals surface area contributed by atoms with E-state index in [4.69, 9.17) is 0 Å². The molecule has 2 N–H and O–H groups in total. The van der Waals surface area contributed by atoms with Crippen LogP contribution in [0, 0.1) is 5.82 Å². The number of halogens is 2. The Morgan fingerprint density at radius 1 is 0.880 bits per heavy atom. The van der Waals surface area contributed by atoms with Crippen LogP contribution in [0.15, 0.2) is 77.3 Å². The van der Waals surface area contributed by atoms with Crippen LogP contribution in [-0.4, -0.2) is 5.91 Å². The van der Waals surface area contributed by atoms with Gasteiger partial charge in [-0.2, -0.15) is 0 Å². The number of benzene rings is 3. The lowest BCUT2D eigenvalue weighted by atomic mass is 10.2. The highest BCUT2D eigenvalue weighted by atomic mass is 79.9. The minimum Gasteiger partial charge on any atom is -0.381 e. The van der Waals surface area contributed by atoms with Crippen LogP contribution in [0.3, 0.4) is 0 Å². The lowest BCUT2D eigenvalue weighted by Gasteiger charge is -2.10. The largest absolute Gasteiger partial charge is 0.381 e. The topological polar surface area (TPSA) is 41.1 Å². The summed E-state index contributed by atoms with van der Waals surface area (Å²) in [6, 6.07) is 21.2. The smallest absolute Gasteiger partial charge is 0.256 e. The van der Waals surface area contributed by atoms with Crippen molar-refractivity contribution in [3.05, 3.63) is 94.2 Å². The Labute approximate surface area is 154 Å². The average molecular weight is 399 g/mol. The van der Waals surface area contributed by atoms with E-state index in [1.807, 2.05) is 30.3 Å². The molecule has 0 bridgehead atoms. The fourth-order valence-corrected chi connectivity index (χ4v) is 2.82. The first-order valence-corrected chi connectivity index (χ1v) is 8.56. The highest BCUT2D eigenvalue weighted by molar-refractivity contribution is 9.10. The van der Waals surface area contributed by atoms with Gasteiger partial charge in [-0.05, 0) is 58.4 Å². The van der Waals surface area contributed by atoms with Gasteiger partial charge in [-0.1, -0.05) is 30.3 Å². The molecule has 3 rings (SSSR count). The first-order valence-electron chi connectivity index (χ1n) is 7.77. The van der Waals surface area contributed by atoms with Crippen molar-refractivity contribution < 1.29 is 9.18 Å². The van der Waals surface area contributed by atoms with Gasteiger partial charge in [0.05, 0.1) is 5.56 Å². The van der Waals surface area contributed by atoms with E-state index in [9.17, 15) is 9.18 Å². The van der Waals surface area contributed by atoms with Crippen molar-refractivity contribution in [1.82, 2.24) is 0 Å². The summed E-state index contributed by atoms with van der Waals surface area (Å²) in [4.78, 5) is 12.3. The molecule has 0 aliphatic rings. The van der Waals surface area contributed by atoms with Crippen LogP contribution >= 0.6 is 15.9 Å². The van der Waals surface area contributed by atoms with Gasteiger partial charge in [-0.25, -0.2) is 4.39 Å². The van der Waals surface area contributed by atoms with Gasteiger partial charge in [0.2, 0.25) is 0 Å². The molecule has 0 heterocycles. The molecule has 0 radical (unpaired) electrons. The van der Waals surface area contributed by atoms with Crippen LogP contribution in [0.1, 0.15) is 15.9 Å². The monoisotopic (exact) mass is 398 g/mol. The molecular weight excluding hydrogens is 383 g/mol. The number of carbonyl (C=O) groups is 1. The van der Waals surface area contributed by atoms with Gasteiger partial charge >= 0.3 is 0 Å². The summed E-state index contributed by atoms with van der Waals surface area (Å²) >= 11 is 3.37. The molecule has 1 amide bonds. The van der Waals surface area contributed by atoms with Crippen molar-refractivity contribution in [2.45, 2.75) is 6.54 Å². The van der Waals surface area contributed by atoms with Crippen molar-refractivity contribution >= 4 is 33.2 Å². The van der Waals surface area contributed by atoms with Crippen molar-refractivity contribution in [3.8, 4) is 0 Å². The minimum atomic E-state index is -0.229. The molecule has 0 aliphatic carbocycles. The highest BCUT2D eigenvalue weighted by Gasteiger charge is 2.09. The maximum Gasteiger partial charge on any atom is 0.256 e. The van der Waals surface area contributed by atoms with E-state index in [0.29, 0.717) is 23.4 Å². The van der Waals surface area contributed by atoms with E-state index in [1.54, 1.807) is 36.4 Å². The lowest BCUT2D eigenvalue weighted by Crippen LogP contribution is -2.12. The Balaban J connectivity index is 1.62. The maximum atomic E-state index is 13.6. The van der Waals surface area contributed by atoms with Crippen molar-refractivity contribution in [1.29, 1.82) is 0 Å². The van der Waals surface area contributed by atoms with E-state index < -0.39 is 0 Å². The second kappa shape index (κ2) is 7.94. The van der Waals surface area contributed by atoms with Gasteiger partial charge in [0.25, 0.3) is 5.91 Å². The Bertz CT molecular complexity index is 881. The molecule has 0 spiro atoms. The van der Waals surface area contributed by atoms with Crippen LogP contribution < -0.4 is 10.6 Å². The summed E-state index contributed by atoms with van der Waals surface area (Å²) < 4.78 is 14.3. The summed E-state index contributed by atoms with van der Waals surface area (Å²) in [5.74, 6) is -0.410. The molecule has 0 aromatic heterocycles. The quantitative estimate of drug-likeness (QED) is 0.599. The first kappa shape index (κ1) is 17.2. The van der Waals surface area contributed by atoms with Crippen molar-refractivity contribution in [3.63, 3.8) is 0 Å². The Kier molecular flexibility index (Phi) is 5.46. The molecule has 5 heteroatoms. The summed E-state index contributed by atoms with van der Waals surface area (Å²) in [6.45, 7) is 0.398. The number of rotatable bonds is 5. The van der Waals surface area contributed by atoms with Crippen LogP contribution in [0.5, 0.6) is 0 Å². The highest BCUT2D eigenvalue weighted by Crippen LogP contribution is 2.19. The second-order valence-corrected chi connectivity index (χ2v) is 6.31. The molecule has 126 valence electrons. The normalized spacial score (nSPS) is 10.3. The third kappa shape index (κ3) is 4.45. The van der Waals surface area contributed by atoms with Gasteiger partial charge in [0.15, 0.2) is 0 Å². The molecule has 3 nitrogen and oxygen atoms in total. The number of anilines is 2. The predicted octanol–water partition coefficient (Wildman–Crippen LogP) is 5.45. The number of hydrogen-bond acceptors (Lipinski definition) is 2. The average Bonchev–Trinajstić information content (AvgIpc) is 2.62. The molecule has 0 saturated heterocycles. The number of nitrogens with one attached hydrogen (secondary N) is 2. The molecule has 0 atom stereocenters. The maximum absolute atomic E-state index is 13.6. The molecule has 3 aromatic carbocycles. The minimum absolute atomic E-state index is 0.181. The van der Waals surface area contributed by atoms with Crippen molar-refractivity contribution in [2.24, 2.45) is 0 Å². The third-order valence-corrected chi connectivity index (χ3v) is 4.39. The van der Waals surface area contributed by atoms with E-state index in [0.717, 1.165) is 10.2 Å². The van der Waals surface area contributed by atoms with Crippen LogP contribution in [0.25, 0.3) is 0 Å². The Hall–Kier alpha value is -2.66. The molecule has 3 aromatic rings. The number of hydrogen-bond donors (Lipinski definition) is 2. The zero-order valence-corrected chi connectivity index (χ0v) is 14.9. The summed E-state index contributed by atoms with van der Waals surface area (Å²) in [5, 5.41) is 6.02. The molecule has 0 unspecified atom stereocenters. The molecule has 0 saturated carbocycles. The van der Waals surface area contributed by atoms with Crippen molar-refractivity contribution in [2.75, 3.05) is 10.6 Å². The first-order chi connectivity index (χ1) is 12.1. The van der Waals surface area contributed by atoms with Crippen LogP contribution in [0.2, 0.25) is 0 Å². The molecule has 0 aliphatic heterocycles. The zero-order valence-electron chi connectivity index (χ0n) is 13.3. The number of amides is 1. The SMILES string of the molecule is O=C(Nc1ccc(NCc2ccccc2F)cc1)c1ccccc1Br. The van der Waals surface area contributed by atoms with Gasteiger partial charge in [0.1, 0.15) is 5.82 Å². The summed E-state index contributed by atoms with van der Waals surface area (Å²) in [7, 11) is 0. The van der Waals surface area contributed by atoms with E-state index >= 15 is 0 Å². The van der Waals surface area contributed by atoms with E-state index in [-0.39, 0.29) is 11.7 Å². The zero-order chi connectivity index (χ0) is 17.6. The lowest BCUT2D eigenvalue weighted by molar-refractivity contribution is 0.102. The summed E-state index contributed by atoms with van der Waals surface area (Å²) in [5.41, 5.74) is 2.72.